The Labute approximate surface area is 148 Å². The van der Waals surface area contributed by atoms with Crippen molar-refractivity contribution in [1.82, 2.24) is 9.38 Å². The molecule has 6 nitrogen and oxygen atoms in total. The van der Waals surface area contributed by atoms with Crippen molar-refractivity contribution in [2.24, 2.45) is 0 Å². The van der Waals surface area contributed by atoms with Crippen molar-refractivity contribution in [3.05, 3.63) is 78.0 Å². The molecule has 0 spiro atoms. The molecule has 126 valence electrons. The lowest BCUT2D eigenvalue weighted by Crippen LogP contribution is -2.01. The van der Waals surface area contributed by atoms with Gasteiger partial charge in [-0.05, 0) is 24.3 Å². The van der Waals surface area contributed by atoms with Crippen LogP contribution >= 0.6 is 0 Å². The highest BCUT2D eigenvalue weighted by Crippen LogP contribution is 2.19. The van der Waals surface area contributed by atoms with Gasteiger partial charge in [0.2, 0.25) is 5.89 Å². The largest absolute Gasteiger partial charge is 0.458 e. The summed E-state index contributed by atoms with van der Waals surface area (Å²) in [4.78, 5) is 16.2. The first-order valence-corrected chi connectivity index (χ1v) is 7.93. The predicted octanol–water partition coefficient (Wildman–Crippen LogP) is 3.71. The lowest BCUT2D eigenvalue weighted by molar-refractivity contribution is -0.138. The summed E-state index contributed by atoms with van der Waals surface area (Å²) in [6.07, 6.45) is 6.34. The van der Waals surface area contributed by atoms with Gasteiger partial charge in [-0.15, -0.1) is 0 Å². The Hall–Kier alpha value is -3.85. The van der Waals surface area contributed by atoms with Gasteiger partial charge in [0.25, 0.3) is 0 Å². The van der Waals surface area contributed by atoms with Crippen LogP contribution in [0.2, 0.25) is 0 Å². The van der Waals surface area contributed by atoms with Crippen LogP contribution in [0, 0.1) is 11.3 Å². The molecule has 1 aromatic carbocycles. The predicted molar refractivity (Wildman–Crippen MR) is 95.0 cm³/mol. The molecule has 0 aliphatic heterocycles. The van der Waals surface area contributed by atoms with E-state index in [2.05, 4.69) is 11.1 Å². The fourth-order valence-electron chi connectivity index (χ4n) is 2.71. The number of rotatable bonds is 4. The van der Waals surface area contributed by atoms with E-state index >= 15 is 0 Å². The SMILES string of the molecule is N#Cc1c(COC(=O)C=Cc2nc3ccccc3o2)cn2ccccc12. The zero-order chi connectivity index (χ0) is 17.9. The standard InChI is InChI=1S/C20H13N3O3/c21-11-15-14(12-23-10-4-3-6-17(15)23)13-25-20(24)9-8-19-22-16-5-1-2-7-18(16)26-19/h1-10,12H,13H2. The normalized spacial score (nSPS) is 11.2. The molecule has 0 bridgehead atoms. The van der Waals surface area contributed by atoms with Gasteiger partial charge in [0.1, 0.15) is 18.2 Å². The number of nitrogens with zero attached hydrogens (tertiary/aromatic N) is 3. The number of hydrogen-bond donors (Lipinski definition) is 0. The molecule has 0 amide bonds. The van der Waals surface area contributed by atoms with Crippen molar-refractivity contribution in [3.8, 4) is 6.07 Å². The van der Waals surface area contributed by atoms with Crippen LogP contribution in [0.15, 0.2) is 65.4 Å². The van der Waals surface area contributed by atoms with Crippen molar-refractivity contribution >= 4 is 28.7 Å². The highest BCUT2D eigenvalue weighted by molar-refractivity contribution is 5.87. The van der Waals surface area contributed by atoms with E-state index in [-0.39, 0.29) is 6.61 Å². The van der Waals surface area contributed by atoms with Crippen molar-refractivity contribution in [2.45, 2.75) is 6.61 Å². The van der Waals surface area contributed by atoms with Crippen molar-refractivity contribution in [2.75, 3.05) is 0 Å². The molecule has 4 aromatic rings. The number of pyridine rings is 1. The van der Waals surface area contributed by atoms with Gasteiger partial charge in [-0.1, -0.05) is 18.2 Å². The molecule has 0 saturated carbocycles. The summed E-state index contributed by atoms with van der Waals surface area (Å²) in [6, 6.07) is 15.1. The second-order valence-corrected chi connectivity index (χ2v) is 5.60. The van der Waals surface area contributed by atoms with E-state index in [1.54, 1.807) is 12.3 Å². The minimum atomic E-state index is -0.536. The zero-order valence-electron chi connectivity index (χ0n) is 13.6. The molecule has 3 aromatic heterocycles. The molecule has 0 saturated heterocycles. The van der Waals surface area contributed by atoms with Crippen LogP contribution in [-0.2, 0) is 16.1 Å². The number of fused-ring (bicyclic) bond motifs is 2. The Kier molecular flexibility index (Phi) is 3.96. The van der Waals surface area contributed by atoms with E-state index in [1.165, 1.54) is 12.2 Å². The maximum Gasteiger partial charge on any atom is 0.331 e. The van der Waals surface area contributed by atoms with Gasteiger partial charge >= 0.3 is 5.97 Å². The monoisotopic (exact) mass is 343 g/mol. The van der Waals surface area contributed by atoms with Crippen LogP contribution in [0.3, 0.4) is 0 Å². The molecule has 0 unspecified atom stereocenters. The quantitative estimate of drug-likeness (QED) is 0.417. The van der Waals surface area contributed by atoms with E-state index in [1.807, 2.05) is 47.0 Å². The molecule has 0 fully saturated rings. The Morgan fingerprint density at radius 2 is 2.12 bits per heavy atom. The lowest BCUT2D eigenvalue weighted by atomic mass is 10.2. The lowest BCUT2D eigenvalue weighted by Gasteiger charge is -1.99. The number of ether oxygens (including phenoxy) is 1. The van der Waals surface area contributed by atoms with Gasteiger partial charge in [-0.2, -0.15) is 5.26 Å². The summed E-state index contributed by atoms with van der Waals surface area (Å²) in [5.74, 6) is -0.207. The number of aromatic nitrogens is 2. The van der Waals surface area contributed by atoms with E-state index in [0.29, 0.717) is 22.6 Å². The first-order chi connectivity index (χ1) is 12.7. The van der Waals surface area contributed by atoms with Gasteiger partial charge in [0.05, 0.1) is 11.1 Å². The highest BCUT2D eigenvalue weighted by atomic mass is 16.5. The molecule has 3 heterocycles. The number of carbonyl (C=O) groups excluding carboxylic acids is 1. The number of oxazole rings is 1. The topological polar surface area (TPSA) is 80.5 Å². The fourth-order valence-corrected chi connectivity index (χ4v) is 2.71. The fraction of sp³-hybridized carbons (Fsp3) is 0.0500. The van der Waals surface area contributed by atoms with Crippen LogP contribution in [0.4, 0.5) is 0 Å². The summed E-state index contributed by atoms with van der Waals surface area (Å²) in [5.41, 5.74) is 3.31. The number of para-hydroxylation sites is 2. The number of benzene rings is 1. The van der Waals surface area contributed by atoms with E-state index < -0.39 is 5.97 Å². The maximum absolute atomic E-state index is 12.0. The van der Waals surface area contributed by atoms with Crippen molar-refractivity contribution in [3.63, 3.8) is 0 Å². The van der Waals surface area contributed by atoms with Gasteiger partial charge in [0.15, 0.2) is 5.58 Å². The minimum absolute atomic E-state index is 0.0152. The van der Waals surface area contributed by atoms with Crippen LogP contribution in [0.25, 0.3) is 22.7 Å². The zero-order valence-corrected chi connectivity index (χ0v) is 13.6. The molecule has 0 aliphatic carbocycles. The second kappa shape index (κ2) is 6.57. The van der Waals surface area contributed by atoms with Crippen LogP contribution in [-0.4, -0.2) is 15.4 Å². The third kappa shape index (κ3) is 2.94. The van der Waals surface area contributed by atoms with Crippen molar-refractivity contribution < 1.29 is 13.9 Å². The van der Waals surface area contributed by atoms with Crippen LogP contribution in [0.5, 0.6) is 0 Å². The summed E-state index contributed by atoms with van der Waals surface area (Å²) < 4.78 is 12.6. The van der Waals surface area contributed by atoms with Gasteiger partial charge in [-0.25, -0.2) is 9.78 Å². The summed E-state index contributed by atoms with van der Waals surface area (Å²) in [6.45, 7) is 0.0152. The number of nitriles is 1. The molecular weight excluding hydrogens is 330 g/mol. The highest BCUT2D eigenvalue weighted by Gasteiger charge is 2.11. The van der Waals surface area contributed by atoms with Gasteiger partial charge < -0.3 is 13.6 Å². The van der Waals surface area contributed by atoms with E-state index in [9.17, 15) is 10.1 Å². The molecule has 0 radical (unpaired) electrons. The molecule has 0 aliphatic rings. The number of hydrogen-bond acceptors (Lipinski definition) is 5. The smallest absolute Gasteiger partial charge is 0.331 e. The Bertz CT molecular complexity index is 1140. The van der Waals surface area contributed by atoms with Gasteiger partial charge in [0, 0.05) is 30.1 Å². The third-order valence-corrected chi connectivity index (χ3v) is 3.92. The Morgan fingerprint density at radius 3 is 2.96 bits per heavy atom. The first-order valence-electron chi connectivity index (χ1n) is 7.93. The van der Waals surface area contributed by atoms with Gasteiger partial charge in [-0.3, -0.25) is 0 Å². The molecule has 4 rings (SSSR count). The second-order valence-electron chi connectivity index (χ2n) is 5.60. The summed E-state index contributed by atoms with van der Waals surface area (Å²) in [7, 11) is 0. The molecule has 0 atom stereocenters. The Morgan fingerprint density at radius 1 is 1.27 bits per heavy atom. The first kappa shape index (κ1) is 15.7. The minimum Gasteiger partial charge on any atom is -0.458 e. The van der Waals surface area contributed by atoms with Crippen LogP contribution in [0.1, 0.15) is 17.0 Å². The van der Waals surface area contributed by atoms with E-state index in [0.717, 1.165) is 11.0 Å². The average molecular weight is 343 g/mol. The van der Waals surface area contributed by atoms with Crippen LogP contribution < -0.4 is 0 Å². The average Bonchev–Trinajstić information content (AvgIpc) is 3.24. The molecule has 0 N–H and O–H groups in total. The number of esters is 1. The summed E-state index contributed by atoms with van der Waals surface area (Å²) in [5, 5.41) is 9.35. The summed E-state index contributed by atoms with van der Waals surface area (Å²) >= 11 is 0. The Balaban J connectivity index is 1.46. The van der Waals surface area contributed by atoms with E-state index in [4.69, 9.17) is 9.15 Å². The maximum atomic E-state index is 12.0. The molecule has 26 heavy (non-hydrogen) atoms. The molecular formula is C20H13N3O3. The van der Waals surface area contributed by atoms with Crippen molar-refractivity contribution in [1.29, 1.82) is 5.26 Å². The number of carbonyl (C=O) groups is 1. The molecule has 6 heteroatoms. The third-order valence-electron chi connectivity index (χ3n) is 3.92.